The second kappa shape index (κ2) is 8.10. The van der Waals surface area contributed by atoms with Crippen LogP contribution in [0.3, 0.4) is 0 Å². The molecule has 0 saturated heterocycles. The molecule has 1 N–H and O–H groups in total. The predicted molar refractivity (Wildman–Crippen MR) is 93.1 cm³/mol. The maximum atomic E-state index is 13.3. The molecule has 0 bridgehead atoms. The second-order valence-electron chi connectivity index (χ2n) is 6.55. The summed E-state index contributed by atoms with van der Waals surface area (Å²) in [5.41, 5.74) is 0.0642. The molecule has 1 aliphatic rings. The number of esters is 1. The van der Waals surface area contributed by atoms with Gasteiger partial charge >= 0.3 is 5.97 Å². The molecule has 24 heavy (non-hydrogen) atoms. The molecule has 132 valence electrons. The van der Waals surface area contributed by atoms with Crippen molar-refractivity contribution < 1.29 is 18.7 Å². The standard InChI is InChI=1S/C18H23BrFNO3/c1-10-5-4-6-16(11(10)2)21-17(22)12(3)24-18(23)14-9-13(20)7-8-15(14)19/h7-12,16H,4-6H2,1-3H3,(H,21,22)/t10-,11+,12+,16+/m0/s1. The summed E-state index contributed by atoms with van der Waals surface area (Å²) < 4.78 is 18.9. The van der Waals surface area contributed by atoms with Gasteiger partial charge in [0.15, 0.2) is 6.10 Å². The zero-order valence-electron chi connectivity index (χ0n) is 14.1. The molecular formula is C18H23BrFNO3. The Morgan fingerprint density at radius 3 is 2.75 bits per heavy atom. The zero-order chi connectivity index (χ0) is 17.9. The highest BCUT2D eigenvalue weighted by Crippen LogP contribution is 2.29. The summed E-state index contributed by atoms with van der Waals surface area (Å²) >= 11 is 3.18. The lowest BCUT2D eigenvalue weighted by atomic mass is 9.78. The first-order valence-electron chi connectivity index (χ1n) is 8.26. The number of hydrogen-bond donors (Lipinski definition) is 1. The number of rotatable bonds is 4. The number of amides is 1. The van der Waals surface area contributed by atoms with E-state index in [2.05, 4.69) is 35.1 Å². The van der Waals surface area contributed by atoms with Crippen LogP contribution in [0.1, 0.15) is 50.4 Å². The first-order chi connectivity index (χ1) is 11.3. The molecule has 0 aromatic heterocycles. The first kappa shape index (κ1) is 18.9. The third-order valence-electron chi connectivity index (χ3n) is 4.84. The third-order valence-corrected chi connectivity index (χ3v) is 5.53. The van der Waals surface area contributed by atoms with Crippen molar-refractivity contribution in [3.63, 3.8) is 0 Å². The van der Waals surface area contributed by atoms with E-state index < -0.39 is 17.9 Å². The molecule has 0 unspecified atom stereocenters. The van der Waals surface area contributed by atoms with Crippen molar-refractivity contribution in [2.24, 2.45) is 11.8 Å². The van der Waals surface area contributed by atoms with Crippen molar-refractivity contribution in [1.29, 1.82) is 0 Å². The van der Waals surface area contributed by atoms with Gasteiger partial charge in [-0.3, -0.25) is 4.79 Å². The van der Waals surface area contributed by atoms with Crippen LogP contribution in [0.4, 0.5) is 4.39 Å². The fourth-order valence-corrected chi connectivity index (χ4v) is 3.43. The van der Waals surface area contributed by atoms with Crippen molar-refractivity contribution in [3.8, 4) is 0 Å². The quantitative estimate of drug-likeness (QED) is 0.776. The van der Waals surface area contributed by atoms with Crippen LogP contribution >= 0.6 is 15.9 Å². The third kappa shape index (κ3) is 4.56. The normalized spacial score (nSPS) is 25.0. The smallest absolute Gasteiger partial charge is 0.340 e. The van der Waals surface area contributed by atoms with Gasteiger partial charge in [0.05, 0.1) is 5.56 Å². The van der Waals surface area contributed by atoms with Gasteiger partial charge < -0.3 is 10.1 Å². The van der Waals surface area contributed by atoms with Crippen LogP contribution in [0.5, 0.6) is 0 Å². The molecule has 0 radical (unpaired) electrons. The van der Waals surface area contributed by atoms with E-state index >= 15 is 0 Å². The van der Waals surface area contributed by atoms with Gasteiger partial charge in [-0.15, -0.1) is 0 Å². The Hall–Kier alpha value is -1.43. The molecule has 6 heteroatoms. The van der Waals surface area contributed by atoms with Crippen molar-refractivity contribution >= 4 is 27.8 Å². The molecule has 1 amide bonds. The van der Waals surface area contributed by atoms with Crippen LogP contribution < -0.4 is 5.32 Å². The molecule has 1 aliphatic carbocycles. The summed E-state index contributed by atoms with van der Waals surface area (Å²) in [6.07, 6.45) is 2.26. The fourth-order valence-electron chi connectivity index (χ4n) is 3.02. The molecule has 4 nitrogen and oxygen atoms in total. The van der Waals surface area contributed by atoms with Gasteiger partial charge in [0.1, 0.15) is 5.82 Å². The van der Waals surface area contributed by atoms with E-state index in [1.807, 2.05) is 0 Å². The summed E-state index contributed by atoms with van der Waals surface area (Å²) in [4.78, 5) is 24.5. The van der Waals surface area contributed by atoms with Crippen LogP contribution in [0, 0.1) is 17.7 Å². The van der Waals surface area contributed by atoms with Crippen molar-refractivity contribution in [1.82, 2.24) is 5.32 Å². The van der Waals surface area contributed by atoms with Gasteiger partial charge in [0.2, 0.25) is 0 Å². The lowest BCUT2D eigenvalue weighted by Crippen LogP contribution is -2.47. The lowest BCUT2D eigenvalue weighted by molar-refractivity contribution is -0.130. The fraction of sp³-hybridized carbons (Fsp3) is 0.556. The number of nitrogens with one attached hydrogen (secondary N) is 1. The highest BCUT2D eigenvalue weighted by Gasteiger charge is 2.30. The monoisotopic (exact) mass is 399 g/mol. The SMILES string of the molecule is C[C@@H]1[C@@H](C)CCC[C@H]1NC(=O)[C@@H](C)OC(=O)c1cc(F)ccc1Br. The molecule has 0 spiro atoms. The zero-order valence-corrected chi connectivity index (χ0v) is 15.7. The minimum atomic E-state index is -0.933. The molecule has 1 fully saturated rings. The summed E-state index contributed by atoms with van der Waals surface area (Å²) in [7, 11) is 0. The number of benzene rings is 1. The highest BCUT2D eigenvalue weighted by atomic mass is 79.9. The Labute approximate surface area is 150 Å². The molecule has 1 aromatic carbocycles. The van der Waals surface area contributed by atoms with Gasteiger partial charge in [-0.25, -0.2) is 9.18 Å². The van der Waals surface area contributed by atoms with Gasteiger partial charge in [0.25, 0.3) is 5.91 Å². The van der Waals surface area contributed by atoms with E-state index in [0.717, 1.165) is 18.9 Å². The molecule has 1 aromatic rings. The molecule has 2 rings (SSSR count). The minimum absolute atomic E-state index is 0.0642. The van der Waals surface area contributed by atoms with E-state index in [0.29, 0.717) is 16.3 Å². The van der Waals surface area contributed by atoms with Crippen LogP contribution in [-0.2, 0) is 9.53 Å². The summed E-state index contributed by atoms with van der Waals surface area (Å²) in [5, 5.41) is 2.98. The predicted octanol–water partition coefficient (Wildman–Crippen LogP) is 4.07. The maximum absolute atomic E-state index is 13.3. The van der Waals surface area contributed by atoms with Gasteiger partial charge in [-0.2, -0.15) is 0 Å². The average molecular weight is 400 g/mol. The number of carbonyl (C=O) groups is 2. The maximum Gasteiger partial charge on any atom is 0.340 e. The number of ether oxygens (including phenoxy) is 1. The molecule has 1 saturated carbocycles. The Balaban J connectivity index is 1.96. The van der Waals surface area contributed by atoms with Crippen LogP contribution in [0.25, 0.3) is 0 Å². The van der Waals surface area contributed by atoms with E-state index in [1.54, 1.807) is 0 Å². The van der Waals surface area contributed by atoms with Crippen molar-refractivity contribution in [2.75, 3.05) is 0 Å². The van der Waals surface area contributed by atoms with Crippen LogP contribution in [-0.4, -0.2) is 24.0 Å². The topological polar surface area (TPSA) is 55.4 Å². The average Bonchev–Trinajstić information content (AvgIpc) is 2.53. The van der Waals surface area contributed by atoms with Crippen molar-refractivity contribution in [3.05, 3.63) is 34.1 Å². The molecule has 0 aliphatic heterocycles. The largest absolute Gasteiger partial charge is 0.449 e. The summed E-state index contributed by atoms with van der Waals surface area (Å²) in [6.45, 7) is 5.85. The number of carbonyl (C=O) groups excluding carboxylic acids is 2. The Morgan fingerprint density at radius 1 is 1.33 bits per heavy atom. The van der Waals surface area contributed by atoms with E-state index in [1.165, 1.54) is 25.5 Å². The number of hydrogen-bond acceptors (Lipinski definition) is 3. The minimum Gasteiger partial charge on any atom is -0.449 e. The lowest BCUT2D eigenvalue weighted by Gasteiger charge is -2.35. The van der Waals surface area contributed by atoms with E-state index in [-0.39, 0.29) is 17.5 Å². The number of halogens is 2. The molecular weight excluding hydrogens is 377 g/mol. The van der Waals surface area contributed by atoms with Gasteiger partial charge in [-0.05, 0) is 59.3 Å². The van der Waals surface area contributed by atoms with E-state index in [9.17, 15) is 14.0 Å². The van der Waals surface area contributed by atoms with Crippen LogP contribution in [0.15, 0.2) is 22.7 Å². The molecule has 4 atom stereocenters. The van der Waals surface area contributed by atoms with Crippen molar-refractivity contribution in [2.45, 2.75) is 52.2 Å². The Bertz CT molecular complexity index is 622. The first-order valence-corrected chi connectivity index (χ1v) is 9.05. The Morgan fingerprint density at radius 2 is 2.04 bits per heavy atom. The van der Waals surface area contributed by atoms with E-state index in [4.69, 9.17) is 4.74 Å². The van der Waals surface area contributed by atoms with Gasteiger partial charge in [-0.1, -0.05) is 26.7 Å². The second-order valence-corrected chi connectivity index (χ2v) is 7.41. The highest BCUT2D eigenvalue weighted by molar-refractivity contribution is 9.10. The Kier molecular flexibility index (Phi) is 6.38. The summed E-state index contributed by atoms with van der Waals surface area (Å²) in [6, 6.07) is 3.86. The molecule has 0 heterocycles. The summed E-state index contributed by atoms with van der Waals surface area (Å²) in [5.74, 6) is -0.628. The van der Waals surface area contributed by atoms with Gasteiger partial charge in [0, 0.05) is 10.5 Å². The van der Waals surface area contributed by atoms with Crippen LogP contribution in [0.2, 0.25) is 0 Å².